The predicted octanol–water partition coefficient (Wildman–Crippen LogP) is 2.49. The van der Waals surface area contributed by atoms with Gasteiger partial charge in [-0.25, -0.2) is 0 Å². The van der Waals surface area contributed by atoms with Crippen molar-refractivity contribution in [2.45, 2.75) is 18.8 Å². The number of halogens is 2. The number of hydrogen-bond donors (Lipinski definition) is 1. The van der Waals surface area contributed by atoms with Gasteiger partial charge in [-0.15, -0.1) is 0 Å². The molecule has 1 atom stereocenters. The molecule has 1 aromatic rings. The van der Waals surface area contributed by atoms with E-state index in [9.17, 15) is 14.7 Å². The second-order valence-electron chi connectivity index (χ2n) is 5.57. The molecule has 0 unspecified atom stereocenters. The van der Waals surface area contributed by atoms with Gasteiger partial charge in [0.25, 0.3) is 0 Å². The minimum Gasteiger partial charge on any atom is -0.508 e. The molecule has 1 saturated heterocycles. The number of carbonyl (C=O) groups is 2. The molecular weight excluding hydrogens is 327 g/mol. The molecule has 7 heteroatoms. The first kappa shape index (κ1) is 16.9. The fourth-order valence-corrected chi connectivity index (χ4v) is 3.06. The summed E-state index contributed by atoms with van der Waals surface area (Å²) < 4.78 is 0. The van der Waals surface area contributed by atoms with Crippen molar-refractivity contribution in [1.29, 1.82) is 0 Å². The van der Waals surface area contributed by atoms with E-state index in [4.69, 9.17) is 23.2 Å². The molecule has 1 fully saturated rings. The van der Waals surface area contributed by atoms with E-state index in [2.05, 4.69) is 0 Å². The smallest absolute Gasteiger partial charge is 0.223 e. The number of phenols is 1. The van der Waals surface area contributed by atoms with Crippen molar-refractivity contribution in [1.82, 2.24) is 9.80 Å². The number of phenolic OH excluding ortho intramolecular Hbond substituents is 1. The van der Waals surface area contributed by atoms with Gasteiger partial charge in [-0.05, 0) is 12.1 Å². The largest absolute Gasteiger partial charge is 0.508 e. The van der Waals surface area contributed by atoms with E-state index >= 15 is 0 Å². The molecular formula is C15H18Cl2N2O3. The van der Waals surface area contributed by atoms with E-state index in [1.807, 2.05) is 0 Å². The Kier molecular flexibility index (Phi) is 5.19. The summed E-state index contributed by atoms with van der Waals surface area (Å²) in [5.74, 6) is -0.251. The fourth-order valence-electron chi connectivity index (χ4n) is 2.58. The topological polar surface area (TPSA) is 60.9 Å². The Morgan fingerprint density at radius 1 is 1.41 bits per heavy atom. The summed E-state index contributed by atoms with van der Waals surface area (Å²) >= 11 is 12.1. The second kappa shape index (κ2) is 6.75. The summed E-state index contributed by atoms with van der Waals surface area (Å²) in [5.41, 5.74) is 0.504. The van der Waals surface area contributed by atoms with Crippen molar-refractivity contribution < 1.29 is 14.7 Å². The van der Waals surface area contributed by atoms with Gasteiger partial charge in [-0.3, -0.25) is 9.59 Å². The Hall–Kier alpha value is -1.46. The molecule has 0 aromatic heterocycles. The fraction of sp³-hybridized carbons (Fsp3) is 0.467. The van der Waals surface area contributed by atoms with Crippen LogP contribution < -0.4 is 0 Å². The molecule has 1 aliphatic rings. The Morgan fingerprint density at radius 2 is 2.09 bits per heavy atom. The van der Waals surface area contributed by atoms with E-state index in [-0.39, 0.29) is 41.3 Å². The molecule has 2 rings (SSSR count). The third kappa shape index (κ3) is 3.47. The van der Waals surface area contributed by atoms with Crippen molar-refractivity contribution in [3.05, 3.63) is 27.7 Å². The Balaban J connectivity index is 2.10. The van der Waals surface area contributed by atoms with Crippen LogP contribution in [0.5, 0.6) is 5.75 Å². The number of benzene rings is 1. The molecule has 0 aliphatic carbocycles. The highest BCUT2D eigenvalue weighted by molar-refractivity contribution is 6.42. The normalized spacial score (nSPS) is 17.9. The monoisotopic (exact) mass is 344 g/mol. The van der Waals surface area contributed by atoms with E-state index in [1.54, 1.807) is 19.0 Å². The van der Waals surface area contributed by atoms with Crippen LogP contribution in [0.2, 0.25) is 10.0 Å². The Morgan fingerprint density at radius 3 is 2.73 bits per heavy atom. The van der Waals surface area contributed by atoms with Gasteiger partial charge in [0, 0.05) is 51.5 Å². The Labute approximate surface area is 139 Å². The zero-order valence-electron chi connectivity index (χ0n) is 12.5. The van der Waals surface area contributed by atoms with Gasteiger partial charge in [-0.2, -0.15) is 0 Å². The van der Waals surface area contributed by atoms with Gasteiger partial charge >= 0.3 is 0 Å². The van der Waals surface area contributed by atoms with Gasteiger partial charge < -0.3 is 14.9 Å². The molecule has 1 N–H and O–H groups in total. The number of aromatic hydroxyl groups is 1. The van der Waals surface area contributed by atoms with Crippen LogP contribution in [-0.4, -0.2) is 53.9 Å². The summed E-state index contributed by atoms with van der Waals surface area (Å²) in [6.45, 7) is 0.790. The first-order valence-corrected chi connectivity index (χ1v) is 7.71. The van der Waals surface area contributed by atoms with Crippen LogP contribution in [0.1, 0.15) is 24.3 Å². The van der Waals surface area contributed by atoms with Crippen LogP contribution in [0.15, 0.2) is 12.1 Å². The average Bonchev–Trinajstić information content (AvgIpc) is 2.81. The van der Waals surface area contributed by atoms with E-state index in [0.29, 0.717) is 23.7 Å². The third-order valence-electron chi connectivity index (χ3n) is 3.83. The maximum absolute atomic E-state index is 12.1. The van der Waals surface area contributed by atoms with Crippen LogP contribution >= 0.6 is 23.2 Å². The number of likely N-dealkylation sites (tertiary alicyclic amines) is 1. The van der Waals surface area contributed by atoms with Crippen LogP contribution in [-0.2, 0) is 9.59 Å². The van der Waals surface area contributed by atoms with Crippen molar-refractivity contribution in [3.63, 3.8) is 0 Å². The molecule has 1 heterocycles. The SMILES string of the molecule is CN(C)C(=O)CCN1C[C@H](c2c(O)ccc(Cl)c2Cl)CC1=O. The molecule has 1 aliphatic heterocycles. The molecule has 0 saturated carbocycles. The quantitative estimate of drug-likeness (QED) is 0.912. The minimum atomic E-state index is -0.215. The highest BCUT2D eigenvalue weighted by Gasteiger charge is 2.33. The van der Waals surface area contributed by atoms with Gasteiger partial charge in [-0.1, -0.05) is 23.2 Å². The molecule has 0 bridgehead atoms. The summed E-state index contributed by atoms with van der Waals surface area (Å²) in [7, 11) is 3.36. The van der Waals surface area contributed by atoms with Crippen LogP contribution in [0.25, 0.3) is 0 Å². The first-order chi connectivity index (χ1) is 10.3. The lowest BCUT2D eigenvalue weighted by Gasteiger charge is -2.19. The molecule has 2 amide bonds. The minimum absolute atomic E-state index is 0.0279. The lowest BCUT2D eigenvalue weighted by Crippen LogP contribution is -2.31. The number of hydrogen-bond acceptors (Lipinski definition) is 3. The van der Waals surface area contributed by atoms with Crippen molar-refractivity contribution in [2.24, 2.45) is 0 Å². The summed E-state index contributed by atoms with van der Waals surface area (Å²) in [6, 6.07) is 3.00. The Bertz CT molecular complexity index is 605. The molecule has 22 heavy (non-hydrogen) atoms. The molecule has 0 spiro atoms. The van der Waals surface area contributed by atoms with Gasteiger partial charge in [0.15, 0.2) is 0 Å². The van der Waals surface area contributed by atoms with Gasteiger partial charge in [0.05, 0.1) is 10.0 Å². The molecule has 5 nitrogen and oxygen atoms in total. The van der Waals surface area contributed by atoms with Crippen molar-refractivity contribution in [3.8, 4) is 5.75 Å². The summed E-state index contributed by atoms with van der Waals surface area (Å²) in [5, 5.41) is 10.6. The number of nitrogens with zero attached hydrogens (tertiary/aromatic N) is 2. The predicted molar refractivity (Wildman–Crippen MR) is 85.4 cm³/mol. The molecule has 0 radical (unpaired) electrons. The van der Waals surface area contributed by atoms with Crippen LogP contribution in [0.3, 0.4) is 0 Å². The average molecular weight is 345 g/mol. The number of rotatable bonds is 4. The van der Waals surface area contributed by atoms with E-state index in [0.717, 1.165) is 0 Å². The van der Waals surface area contributed by atoms with Gasteiger partial charge in [0.2, 0.25) is 11.8 Å². The standard InChI is InChI=1S/C15H18Cl2N2O3/c1-18(2)12(21)5-6-19-8-9(7-13(19)22)14-11(20)4-3-10(16)15(14)17/h3-4,9,20H,5-8H2,1-2H3/t9-/m1/s1. The number of amides is 2. The zero-order chi connectivity index (χ0) is 16.4. The highest BCUT2D eigenvalue weighted by Crippen LogP contribution is 2.41. The third-order valence-corrected chi connectivity index (χ3v) is 4.65. The highest BCUT2D eigenvalue weighted by atomic mass is 35.5. The van der Waals surface area contributed by atoms with E-state index in [1.165, 1.54) is 17.0 Å². The summed E-state index contributed by atoms with van der Waals surface area (Å²) in [6.07, 6.45) is 0.532. The molecule has 120 valence electrons. The van der Waals surface area contributed by atoms with Crippen LogP contribution in [0.4, 0.5) is 0 Å². The maximum Gasteiger partial charge on any atom is 0.223 e. The lowest BCUT2D eigenvalue weighted by molar-refractivity contribution is -0.131. The molecule has 1 aromatic carbocycles. The summed E-state index contributed by atoms with van der Waals surface area (Å²) in [4.78, 5) is 26.8. The van der Waals surface area contributed by atoms with E-state index < -0.39 is 0 Å². The number of carbonyl (C=O) groups excluding carboxylic acids is 2. The first-order valence-electron chi connectivity index (χ1n) is 6.96. The van der Waals surface area contributed by atoms with Crippen molar-refractivity contribution >= 4 is 35.0 Å². The van der Waals surface area contributed by atoms with Crippen LogP contribution in [0, 0.1) is 0 Å². The van der Waals surface area contributed by atoms with Crippen molar-refractivity contribution in [2.75, 3.05) is 27.2 Å². The second-order valence-corrected chi connectivity index (χ2v) is 6.36. The maximum atomic E-state index is 12.1. The zero-order valence-corrected chi connectivity index (χ0v) is 14.0. The van der Waals surface area contributed by atoms with Gasteiger partial charge in [0.1, 0.15) is 5.75 Å². The lowest BCUT2D eigenvalue weighted by atomic mass is 9.97.